The molecule has 5 rings (SSSR count). The van der Waals surface area contributed by atoms with Gasteiger partial charge >= 0.3 is 12.0 Å². The van der Waals surface area contributed by atoms with E-state index in [2.05, 4.69) is 12.2 Å². The van der Waals surface area contributed by atoms with Gasteiger partial charge < -0.3 is 15.0 Å². The molecule has 8 heteroatoms. The van der Waals surface area contributed by atoms with Crippen molar-refractivity contribution in [3.63, 3.8) is 0 Å². The highest BCUT2D eigenvalue weighted by molar-refractivity contribution is 6.01. The highest BCUT2D eigenvalue weighted by atomic mass is 16.5. The second-order valence-electron chi connectivity index (χ2n) is 10.0. The average molecular weight is 420 g/mol. The fourth-order valence-electron chi connectivity index (χ4n) is 6.63. The van der Waals surface area contributed by atoms with Crippen LogP contribution in [0, 0.1) is 23.2 Å². The third kappa shape index (κ3) is 4.18. The Morgan fingerprint density at radius 2 is 1.73 bits per heavy atom. The Morgan fingerprint density at radius 1 is 1.13 bits per heavy atom. The number of nitrogens with zero attached hydrogens (tertiary/aromatic N) is 2. The van der Waals surface area contributed by atoms with Crippen molar-refractivity contribution in [1.29, 1.82) is 0 Å². The van der Waals surface area contributed by atoms with Crippen LogP contribution in [0.1, 0.15) is 58.3 Å². The number of carbonyl (C=O) groups is 4. The number of nitrogens with one attached hydrogen (secondary N) is 1. The van der Waals surface area contributed by atoms with Crippen molar-refractivity contribution in [3.8, 4) is 0 Å². The molecule has 4 aliphatic carbocycles. The lowest BCUT2D eigenvalue weighted by atomic mass is 9.48. The molecule has 0 aromatic carbocycles. The van der Waals surface area contributed by atoms with Crippen LogP contribution in [-0.2, 0) is 19.1 Å². The smallest absolute Gasteiger partial charge is 0.326 e. The molecule has 1 heterocycles. The number of hydrogen-bond donors (Lipinski definition) is 1. The van der Waals surface area contributed by atoms with Crippen LogP contribution >= 0.6 is 0 Å². The van der Waals surface area contributed by atoms with E-state index in [4.69, 9.17) is 4.74 Å². The summed E-state index contributed by atoms with van der Waals surface area (Å²) in [5, 5.41) is 3.09. The van der Waals surface area contributed by atoms with Crippen LogP contribution in [0.5, 0.6) is 0 Å². The minimum absolute atomic E-state index is 0.0680. The molecular weight excluding hydrogens is 386 g/mol. The Balaban J connectivity index is 1.16. The minimum atomic E-state index is -0.486. The number of rotatable bonds is 8. The van der Waals surface area contributed by atoms with Crippen LogP contribution < -0.4 is 5.32 Å². The summed E-state index contributed by atoms with van der Waals surface area (Å²) in [4.78, 5) is 50.3. The van der Waals surface area contributed by atoms with Crippen molar-refractivity contribution in [2.75, 3.05) is 26.7 Å². The zero-order valence-electron chi connectivity index (χ0n) is 18.0. The first-order valence-corrected chi connectivity index (χ1v) is 11.3. The topological polar surface area (TPSA) is 96.0 Å². The Labute approximate surface area is 177 Å². The molecule has 4 amide bonds. The van der Waals surface area contributed by atoms with Gasteiger partial charge in [-0.15, -0.1) is 0 Å². The molecule has 1 atom stereocenters. The Hall–Kier alpha value is -2.12. The van der Waals surface area contributed by atoms with Crippen LogP contribution in [0.4, 0.5) is 4.79 Å². The molecule has 8 nitrogen and oxygen atoms in total. The van der Waals surface area contributed by atoms with E-state index >= 15 is 0 Å². The summed E-state index contributed by atoms with van der Waals surface area (Å²) >= 11 is 0. The van der Waals surface area contributed by atoms with E-state index in [1.54, 1.807) is 7.05 Å². The molecule has 166 valence electrons. The van der Waals surface area contributed by atoms with Crippen molar-refractivity contribution >= 4 is 23.8 Å². The molecule has 0 aromatic heterocycles. The number of amides is 4. The molecule has 1 saturated heterocycles. The van der Waals surface area contributed by atoms with Gasteiger partial charge in [-0.2, -0.15) is 0 Å². The maximum Gasteiger partial charge on any atom is 0.326 e. The number of hydrogen-bond acceptors (Lipinski definition) is 5. The van der Waals surface area contributed by atoms with Gasteiger partial charge in [0.15, 0.2) is 6.61 Å². The summed E-state index contributed by atoms with van der Waals surface area (Å²) in [6.07, 6.45) is 8.12. The molecule has 0 unspecified atom stereocenters. The minimum Gasteiger partial charge on any atom is -0.456 e. The second kappa shape index (κ2) is 8.19. The first kappa shape index (κ1) is 21.1. The van der Waals surface area contributed by atoms with Gasteiger partial charge in [-0.05, 0) is 75.0 Å². The van der Waals surface area contributed by atoms with Gasteiger partial charge in [-0.1, -0.05) is 0 Å². The average Bonchev–Trinajstić information content (AvgIpc) is 2.91. The number of carbonyl (C=O) groups excluding carboxylic acids is 4. The van der Waals surface area contributed by atoms with Crippen LogP contribution in [0.15, 0.2) is 0 Å². The molecule has 1 aliphatic heterocycles. The van der Waals surface area contributed by atoms with E-state index in [0.29, 0.717) is 6.42 Å². The normalized spacial score (nSPS) is 33.2. The number of esters is 1. The van der Waals surface area contributed by atoms with Crippen LogP contribution in [0.2, 0.25) is 0 Å². The third-order valence-electron chi connectivity index (χ3n) is 7.74. The third-order valence-corrected chi connectivity index (χ3v) is 7.74. The highest BCUT2D eigenvalue weighted by Gasteiger charge is 2.53. The van der Waals surface area contributed by atoms with Crippen LogP contribution in [-0.4, -0.2) is 66.4 Å². The molecule has 5 fully saturated rings. The SMILES string of the molecule is C[C@H](NC(=O)COC(=O)CCCN1C(=O)CN(C)C1=O)C12CC3CC(CC(C3)C1)C2. The summed E-state index contributed by atoms with van der Waals surface area (Å²) in [7, 11) is 1.57. The fourth-order valence-corrected chi connectivity index (χ4v) is 6.63. The summed E-state index contributed by atoms with van der Waals surface area (Å²) in [6, 6.07) is -0.243. The van der Waals surface area contributed by atoms with Gasteiger partial charge in [-0.25, -0.2) is 4.79 Å². The Morgan fingerprint density at radius 3 is 2.27 bits per heavy atom. The number of likely N-dealkylation sites (N-methyl/N-ethyl adjacent to an activating group) is 1. The van der Waals surface area contributed by atoms with Crippen molar-refractivity contribution in [1.82, 2.24) is 15.1 Å². The number of imide groups is 1. The van der Waals surface area contributed by atoms with E-state index < -0.39 is 5.97 Å². The van der Waals surface area contributed by atoms with Gasteiger partial charge in [0.05, 0.1) is 0 Å². The quantitative estimate of drug-likeness (QED) is 0.479. The predicted octanol–water partition coefficient (Wildman–Crippen LogP) is 1.92. The van der Waals surface area contributed by atoms with Gasteiger partial charge in [-0.3, -0.25) is 19.3 Å². The molecule has 0 spiro atoms. The molecule has 30 heavy (non-hydrogen) atoms. The van der Waals surface area contributed by atoms with Gasteiger partial charge in [0.25, 0.3) is 5.91 Å². The van der Waals surface area contributed by atoms with E-state index in [1.165, 1.54) is 43.4 Å². The molecule has 5 aliphatic rings. The van der Waals surface area contributed by atoms with Crippen LogP contribution in [0.3, 0.4) is 0 Å². The number of urea groups is 1. The molecular formula is C22H33N3O5. The van der Waals surface area contributed by atoms with E-state index in [-0.39, 0.29) is 55.4 Å². The summed E-state index contributed by atoms with van der Waals surface area (Å²) in [6.45, 7) is 2.09. The molecule has 4 bridgehead atoms. The van der Waals surface area contributed by atoms with E-state index in [0.717, 1.165) is 22.7 Å². The van der Waals surface area contributed by atoms with Crippen molar-refractivity contribution in [2.24, 2.45) is 23.2 Å². The van der Waals surface area contributed by atoms with Crippen LogP contribution in [0.25, 0.3) is 0 Å². The zero-order valence-corrected chi connectivity index (χ0v) is 18.0. The van der Waals surface area contributed by atoms with E-state index in [1.807, 2.05) is 0 Å². The summed E-state index contributed by atoms with van der Waals surface area (Å²) in [5.74, 6) is 1.47. The first-order valence-electron chi connectivity index (χ1n) is 11.3. The lowest BCUT2D eigenvalue weighted by Gasteiger charge is -2.59. The lowest BCUT2D eigenvalue weighted by molar-refractivity contribution is -0.149. The van der Waals surface area contributed by atoms with Gasteiger partial charge in [0, 0.05) is 26.1 Å². The molecule has 0 radical (unpaired) electrons. The maximum absolute atomic E-state index is 12.4. The standard InChI is InChI=1S/C22H33N3O5/c1-14(22-9-15-6-16(10-22)8-17(7-15)11-22)23-18(26)13-30-20(28)4-3-5-25-19(27)12-24(2)21(25)29/h14-17H,3-13H2,1-2H3,(H,23,26)/t14-,15?,16?,17?,22?/m0/s1. The fraction of sp³-hybridized carbons (Fsp3) is 0.818. The summed E-state index contributed by atoms with van der Waals surface area (Å²) in [5.41, 5.74) is 0.219. The first-order chi connectivity index (χ1) is 14.3. The second-order valence-corrected chi connectivity index (χ2v) is 10.0. The molecule has 1 N–H and O–H groups in total. The monoisotopic (exact) mass is 419 g/mol. The largest absolute Gasteiger partial charge is 0.456 e. The van der Waals surface area contributed by atoms with Crippen molar-refractivity contribution in [2.45, 2.75) is 64.3 Å². The van der Waals surface area contributed by atoms with Gasteiger partial charge in [0.1, 0.15) is 6.54 Å². The Bertz CT molecular complexity index is 701. The number of ether oxygens (including phenoxy) is 1. The lowest BCUT2D eigenvalue weighted by Crippen LogP contribution is -2.56. The van der Waals surface area contributed by atoms with Crippen molar-refractivity contribution < 1.29 is 23.9 Å². The van der Waals surface area contributed by atoms with Crippen molar-refractivity contribution in [3.05, 3.63) is 0 Å². The molecule has 0 aromatic rings. The highest BCUT2D eigenvalue weighted by Crippen LogP contribution is 2.61. The zero-order chi connectivity index (χ0) is 21.5. The maximum atomic E-state index is 12.4. The Kier molecular flexibility index (Phi) is 5.77. The van der Waals surface area contributed by atoms with Gasteiger partial charge in [0.2, 0.25) is 5.91 Å². The summed E-state index contributed by atoms with van der Waals surface area (Å²) < 4.78 is 5.11. The van der Waals surface area contributed by atoms with E-state index in [9.17, 15) is 19.2 Å². The molecule has 4 saturated carbocycles. The predicted molar refractivity (Wildman–Crippen MR) is 108 cm³/mol.